The maximum Gasteiger partial charge on any atom is 0.0807 e. The van der Waals surface area contributed by atoms with Gasteiger partial charge in [-0.3, -0.25) is 0 Å². The Kier molecular flexibility index (Phi) is 2.70. The van der Waals surface area contributed by atoms with Crippen LogP contribution < -0.4 is 0 Å². The lowest BCUT2D eigenvalue weighted by Crippen LogP contribution is -2.14. The van der Waals surface area contributed by atoms with Crippen molar-refractivity contribution in [3.8, 4) is 0 Å². The van der Waals surface area contributed by atoms with Gasteiger partial charge in [-0.05, 0) is 49.0 Å². The van der Waals surface area contributed by atoms with E-state index in [1.807, 2.05) is 0 Å². The van der Waals surface area contributed by atoms with Gasteiger partial charge >= 0.3 is 0 Å². The molecule has 0 aromatic carbocycles. The van der Waals surface area contributed by atoms with Crippen LogP contribution in [0.25, 0.3) is 0 Å². The summed E-state index contributed by atoms with van der Waals surface area (Å²) in [6.07, 6.45) is 2.95. The van der Waals surface area contributed by atoms with Crippen molar-refractivity contribution in [3.05, 3.63) is 23.0 Å². The van der Waals surface area contributed by atoms with Crippen LogP contribution in [0.15, 0.2) is 6.07 Å². The van der Waals surface area contributed by atoms with Crippen LogP contribution in [0.2, 0.25) is 0 Å². The summed E-state index contributed by atoms with van der Waals surface area (Å²) < 4.78 is 2.48. The van der Waals surface area contributed by atoms with Gasteiger partial charge in [-0.2, -0.15) is 0 Å². The number of nitrogens with zero attached hydrogens (tertiary/aromatic N) is 1. The Balaban J connectivity index is 1.91. The predicted octanol–water partition coefficient (Wildman–Crippen LogP) is 3.85. The average Bonchev–Trinajstić information content (AvgIpc) is 2.59. The van der Waals surface area contributed by atoms with Crippen molar-refractivity contribution in [2.75, 3.05) is 0 Å². The molecular weight excluding hydrogens is 234 g/mol. The number of aliphatic hydroxyl groups excluding tert-OH is 1. The fourth-order valence-electron chi connectivity index (χ4n) is 4.17. The Morgan fingerprint density at radius 2 is 1.89 bits per heavy atom. The fourth-order valence-corrected chi connectivity index (χ4v) is 4.17. The Hall–Kier alpha value is -0.760. The molecule has 0 spiro atoms. The minimum Gasteiger partial charge on any atom is -0.388 e. The van der Waals surface area contributed by atoms with Gasteiger partial charge in [0.05, 0.1) is 6.10 Å². The molecule has 1 heterocycles. The number of fused-ring (bicyclic) bond motifs is 1. The summed E-state index contributed by atoms with van der Waals surface area (Å²) >= 11 is 0. The molecule has 2 aliphatic carbocycles. The van der Waals surface area contributed by atoms with Crippen molar-refractivity contribution in [2.24, 2.45) is 16.7 Å². The first kappa shape index (κ1) is 13.2. The molecule has 2 nitrogen and oxygen atoms in total. The van der Waals surface area contributed by atoms with Crippen LogP contribution in [0, 0.1) is 23.7 Å². The van der Waals surface area contributed by atoms with E-state index in [9.17, 15) is 5.11 Å². The van der Waals surface area contributed by atoms with Gasteiger partial charge < -0.3 is 9.67 Å². The lowest BCUT2D eigenvalue weighted by molar-refractivity contribution is 0.155. The molecule has 1 fully saturated rings. The summed E-state index contributed by atoms with van der Waals surface area (Å²) in [4.78, 5) is 0. The van der Waals surface area contributed by atoms with E-state index >= 15 is 0 Å². The molecule has 1 saturated carbocycles. The number of rotatable bonds is 2. The molecule has 19 heavy (non-hydrogen) atoms. The molecule has 0 bridgehead atoms. The minimum atomic E-state index is -0.232. The largest absolute Gasteiger partial charge is 0.388 e. The van der Waals surface area contributed by atoms with Crippen LogP contribution in [-0.2, 0) is 13.0 Å². The van der Waals surface area contributed by atoms with Crippen LogP contribution in [0.4, 0.5) is 0 Å². The number of hydrogen-bond acceptors (Lipinski definition) is 1. The predicted molar refractivity (Wildman–Crippen MR) is 78.1 cm³/mol. The molecule has 0 saturated heterocycles. The molecule has 1 unspecified atom stereocenters. The third kappa shape index (κ3) is 1.72. The molecule has 1 aromatic heterocycles. The molecule has 1 N–H and O–H groups in total. The summed E-state index contributed by atoms with van der Waals surface area (Å²) in [6.45, 7) is 12.9. The number of aliphatic hydroxyl groups is 1. The van der Waals surface area contributed by atoms with Gasteiger partial charge in [0.15, 0.2) is 0 Å². The Morgan fingerprint density at radius 3 is 2.47 bits per heavy atom. The van der Waals surface area contributed by atoms with Crippen molar-refractivity contribution < 1.29 is 5.11 Å². The second kappa shape index (κ2) is 3.88. The highest BCUT2D eigenvalue weighted by molar-refractivity contribution is 5.32. The van der Waals surface area contributed by atoms with Crippen molar-refractivity contribution >= 4 is 0 Å². The van der Waals surface area contributed by atoms with E-state index in [0.717, 1.165) is 31.7 Å². The summed E-state index contributed by atoms with van der Waals surface area (Å²) in [7, 11) is 0. The van der Waals surface area contributed by atoms with Gasteiger partial charge in [-0.1, -0.05) is 27.7 Å². The van der Waals surface area contributed by atoms with Crippen molar-refractivity contribution in [1.29, 1.82) is 0 Å². The van der Waals surface area contributed by atoms with Gasteiger partial charge in [0, 0.05) is 23.5 Å². The van der Waals surface area contributed by atoms with E-state index in [2.05, 4.69) is 45.3 Å². The monoisotopic (exact) mass is 261 g/mol. The minimum absolute atomic E-state index is 0.232. The molecular formula is C17H27NO. The van der Waals surface area contributed by atoms with Crippen molar-refractivity contribution in [2.45, 2.75) is 66.5 Å². The second-order valence-corrected chi connectivity index (χ2v) is 7.70. The van der Waals surface area contributed by atoms with Gasteiger partial charge in [0.1, 0.15) is 0 Å². The average molecular weight is 261 g/mol. The number of aromatic nitrogens is 1. The highest BCUT2D eigenvalue weighted by atomic mass is 16.3. The van der Waals surface area contributed by atoms with E-state index in [1.54, 1.807) is 0 Å². The zero-order valence-corrected chi connectivity index (χ0v) is 13.0. The zero-order chi connectivity index (χ0) is 14.0. The second-order valence-electron chi connectivity index (χ2n) is 7.70. The summed E-state index contributed by atoms with van der Waals surface area (Å²) in [5.74, 6) is 0.745. The standard InChI is InChI=1S/C17H27NO/c1-11-9-12-13(7-6-8-14(12)19)18(11)10-15-16(2,3)17(15,4)5/h9,14-15,19H,6-8,10H2,1-5H3. The molecule has 106 valence electrons. The van der Waals surface area contributed by atoms with E-state index in [4.69, 9.17) is 0 Å². The first-order valence-corrected chi connectivity index (χ1v) is 7.64. The summed E-state index contributed by atoms with van der Waals surface area (Å²) in [5.41, 5.74) is 4.78. The molecule has 0 amide bonds. The Morgan fingerprint density at radius 1 is 1.26 bits per heavy atom. The maximum atomic E-state index is 10.1. The lowest BCUT2D eigenvalue weighted by Gasteiger charge is -2.21. The van der Waals surface area contributed by atoms with E-state index < -0.39 is 0 Å². The SMILES string of the molecule is Cc1cc2c(n1CC1C(C)(C)C1(C)C)CCCC2O. The molecule has 1 atom stereocenters. The van der Waals surface area contributed by atoms with Crippen LogP contribution in [-0.4, -0.2) is 9.67 Å². The highest BCUT2D eigenvalue weighted by Crippen LogP contribution is 2.69. The molecule has 0 aliphatic heterocycles. The van der Waals surface area contributed by atoms with E-state index in [0.29, 0.717) is 10.8 Å². The molecule has 2 aliphatic rings. The summed E-state index contributed by atoms with van der Waals surface area (Å²) in [6, 6.07) is 2.21. The third-order valence-electron chi connectivity index (χ3n) is 6.38. The quantitative estimate of drug-likeness (QED) is 0.859. The highest BCUT2D eigenvalue weighted by Gasteiger charge is 2.64. The van der Waals surface area contributed by atoms with E-state index in [-0.39, 0.29) is 6.10 Å². The van der Waals surface area contributed by atoms with Gasteiger partial charge in [-0.25, -0.2) is 0 Å². The molecule has 1 aromatic rings. The fraction of sp³-hybridized carbons (Fsp3) is 0.765. The van der Waals surface area contributed by atoms with Gasteiger partial charge in [-0.15, -0.1) is 0 Å². The van der Waals surface area contributed by atoms with Crippen LogP contribution in [0.5, 0.6) is 0 Å². The normalized spacial score (nSPS) is 28.2. The van der Waals surface area contributed by atoms with Gasteiger partial charge in [0.2, 0.25) is 0 Å². The Bertz CT molecular complexity index is 496. The van der Waals surface area contributed by atoms with Crippen LogP contribution in [0.3, 0.4) is 0 Å². The summed E-state index contributed by atoms with van der Waals surface area (Å²) in [5, 5.41) is 10.1. The smallest absolute Gasteiger partial charge is 0.0807 e. The molecule has 3 rings (SSSR count). The molecule has 2 heteroatoms. The van der Waals surface area contributed by atoms with Crippen molar-refractivity contribution in [3.63, 3.8) is 0 Å². The third-order valence-corrected chi connectivity index (χ3v) is 6.38. The van der Waals surface area contributed by atoms with Crippen LogP contribution in [0.1, 0.15) is 63.6 Å². The maximum absolute atomic E-state index is 10.1. The first-order valence-electron chi connectivity index (χ1n) is 7.64. The number of aryl methyl sites for hydroxylation is 1. The zero-order valence-electron chi connectivity index (χ0n) is 13.0. The van der Waals surface area contributed by atoms with Crippen LogP contribution >= 0.6 is 0 Å². The lowest BCUT2D eigenvalue weighted by atomic mass is 9.95. The van der Waals surface area contributed by atoms with Gasteiger partial charge in [0.25, 0.3) is 0 Å². The Labute approximate surface area is 116 Å². The van der Waals surface area contributed by atoms with E-state index in [1.165, 1.54) is 17.0 Å². The number of hydrogen-bond donors (Lipinski definition) is 1. The first-order chi connectivity index (χ1) is 8.76. The topological polar surface area (TPSA) is 25.2 Å². The van der Waals surface area contributed by atoms with Crippen molar-refractivity contribution in [1.82, 2.24) is 4.57 Å². The molecule has 0 radical (unpaired) electrons.